The molecule has 0 saturated heterocycles. The van der Waals surface area contributed by atoms with Crippen molar-refractivity contribution in [3.63, 3.8) is 0 Å². The van der Waals surface area contributed by atoms with Crippen LogP contribution in [0.1, 0.15) is 135 Å². The topological polar surface area (TPSA) is 58.6 Å². The van der Waals surface area contributed by atoms with Gasteiger partial charge in [-0.3, -0.25) is 9.59 Å². The van der Waals surface area contributed by atoms with E-state index in [9.17, 15) is 9.59 Å². The Kier molecular flexibility index (Phi) is 21.6. The van der Waals surface area contributed by atoms with Crippen LogP contribution in [0.15, 0.2) is 12.2 Å². The fourth-order valence-electron chi connectivity index (χ4n) is 5.20. The van der Waals surface area contributed by atoms with Gasteiger partial charge in [-0.25, -0.2) is 0 Å². The van der Waals surface area contributed by atoms with Gasteiger partial charge >= 0.3 is 5.97 Å². The molecule has 0 fully saturated rings. The molecule has 5 nitrogen and oxygen atoms in total. The van der Waals surface area contributed by atoms with Crippen molar-refractivity contribution in [2.45, 2.75) is 135 Å². The molecule has 0 saturated carbocycles. The summed E-state index contributed by atoms with van der Waals surface area (Å²) in [6.45, 7) is 4.27. The van der Waals surface area contributed by atoms with Gasteiger partial charge in [0.15, 0.2) is 0 Å². The van der Waals surface area contributed by atoms with Crippen molar-refractivity contribution in [3.8, 4) is 0 Å². The summed E-state index contributed by atoms with van der Waals surface area (Å²) in [7, 11) is 4.01. The number of allylic oxidation sites excluding steroid dienone is 2. The van der Waals surface area contributed by atoms with Crippen LogP contribution in [0.3, 0.4) is 0 Å². The minimum Gasteiger partial charge on any atom is -0.465 e. The third-order valence-electron chi connectivity index (χ3n) is 7.68. The van der Waals surface area contributed by atoms with Crippen molar-refractivity contribution in [2.75, 3.05) is 33.8 Å². The standard InChI is InChI=1S/C32H60N2O3/c1-4-5-6-7-8-9-10-11-12-13-14-15-16-17-18-21-26-33-32(36)30-24-20-19-23-29(30)28-37-31(35)25-22-27-34(2)3/h19-20,29-30H,4-18,21-28H2,1-3H3,(H,33,36). The first kappa shape index (κ1) is 33.7. The number of amides is 1. The second-order valence-corrected chi connectivity index (χ2v) is 11.5. The van der Waals surface area contributed by atoms with Crippen LogP contribution in [0.25, 0.3) is 0 Å². The van der Waals surface area contributed by atoms with Crippen LogP contribution in [-0.2, 0) is 14.3 Å². The maximum absolute atomic E-state index is 12.8. The Labute approximate surface area is 229 Å². The van der Waals surface area contributed by atoms with E-state index in [2.05, 4.69) is 29.3 Å². The van der Waals surface area contributed by atoms with Crippen molar-refractivity contribution >= 4 is 11.9 Å². The molecule has 0 aromatic carbocycles. The zero-order valence-corrected chi connectivity index (χ0v) is 24.7. The van der Waals surface area contributed by atoms with Gasteiger partial charge in [0.05, 0.1) is 6.61 Å². The number of unbranched alkanes of at least 4 members (excludes halogenated alkanes) is 15. The molecule has 0 bridgehead atoms. The van der Waals surface area contributed by atoms with E-state index in [0.717, 1.165) is 38.8 Å². The van der Waals surface area contributed by atoms with E-state index in [1.54, 1.807) is 0 Å². The molecule has 0 aliphatic heterocycles. The van der Waals surface area contributed by atoms with Gasteiger partial charge in [-0.05, 0) is 46.3 Å². The molecule has 0 aromatic heterocycles. The summed E-state index contributed by atoms with van der Waals surface area (Å²) >= 11 is 0. The molecule has 0 spiro atoms. The maximum atomic E-state index is 12.8. The lowest BCUT2D eigenvalue weighted by Gasteiger charge is -2.27. The highest BCUT2D eigenvalue weighted by Gasteiger charge is 2.29. The van der Waals surface area contributed by atoms with Crippen LogP contribution in [0.4, 0.5) is 0 Å². The number of hydrogen-bond acceptors (Lipinski definition) is 4. The van der Waals surface area contributed by atoms with Crippen molar-refractivity contribution in [2.24, 2.45) is 11.8 Å². The Balaban J connectivity index is 1.98. The normalized spacial score (nSPS) is 17.3. The van der Waals surface area contributed by atoms with Gasteiger partial charge in [0.1, 0.15) is 0 Å². The smallest absolute Gasteiger partial charge is 0.305 e. The molecule has 37 heavy (non-hydrogen) atoms. The van der Waals surface area contributed by atoms with Crippen molar-refractivity contribution in [1.29, 1.82) is 0 Å². The largest absolute Gasteiger partial charge is 0.465 e. The monoisotopic (exact) mass is 520 g/mol. The first-order valence-corrected chi connectivity index (χ1v) is 15.8. The van der Waals surface area contributed by atoms with E-state index in [0.29, 0.717) is 13.0 Å². The number of rotatable bonds is 24. The van der Waals surface area contributed by atoms with Gasteiger partial charge in [-0.15, -0.1) is 0 Å². The van der Waals surface area contributed by atoms with Crippen LogP contribution in [0, 0.1) is 11.8 Å². The zero-order valence-electron chi connectivity index (χ0n) is 24.7. The number of nitrogens with zero attached hydrogens (tertiary/aromatic N) is 1. The second kappa shape index (κ2) is 23.7. The van der Waals surface area contributed by atoms with E-state index < -0.39 is 0 Å². The molecule has 1 N–H and O–H groups in total. The van der Waals surface area contributed by atoms with Crippen LogP contribution in [0.5, 0.6) is 0 Å². The Hall–Kier alpha value is -1.36. The molecule has 1 rings (SSSR count). The van der Waals surface area contributed by atoms with E-state index in [-0.39, 0.29) is 23.7 Å². The van der Waals surface area contributed by atoms with E-state index in [1.807, 2.05) is 14.1 Å². The van der Waals surface area contributed by atoms with Gasteiger partial charge in [0.2, 0.25) is 5.91 Å². The van der Waals surface area contributed by atoms with Crippen LogP contribution >= 0.6 is 0 Å². The van der Waals surface area contributed by atoms with E-state index in [4.69, 9.17) is 4.74 Å². The highest BCUT2D eigenvalue weighted by molar-refractivity contribution is 5.79. The quantitative estimate of drug-likeness (QED) is 0.0800. The number of hydrogen-bond donors (Lipinski definition) is 1. The molecule has 0 radical (unpaired) electrons. The van der Waals surface area contributed by atoms with Gasteiger partial charge < -0.3 is 15.0 Å². The molecule has 5 heteroatoms. The van der Waals surface area contributed by atoms with Crippen molar-refractivity contribution in [1.82, 2.24) is 10.2 Å². The fraction of sp³-hybridized carbons (Fsp3) is 0.875. The first-order chi connectivity index (χ1) is 18.0. The first-order valence-electron chi connectivity index (χ1n) is 15.8. The minimum atomic E-state index is -0.149. The Morgan fingerprint density at radius 3 is 1.81 bits per heavy atom. The average Bonchev–Trinajstić information content (AvgIpc) is 2.89. The maximum Gasteiger partial charge on any atom is 0.305 e. The summed E-state index contributed by atoms with van der Waals surface area (Å²) in [6.07, 6.45) is 28.7. The minimum absolute atomic E-state index is 0.0827. The third kappa shape index (κ3) is 19.4. The molecule has 1 amide bonds. The van der Waals surface area contributed by atoms with Crippen LogP contribution in [0.2, 0.25) is 0 Å². The van der Waals surface area contributed by atoms with Gasteiger partial charge in [0, 0.05) is 24.8 Å². The van der Waals surface area contributed by atoms with Gasteiger partial charge in [0.25, 0.3) is 0 Å². The molecule has 1 aliphatic carbocycles. The predicted octanol–water partition coefficient (Wildman–Crippen LogP) is 7.83. The number of ether oxygens (including phenoxy) is 1. The van der Waals surface area contributed by atoms with Crippen LogP contribution in [-0.4, -0.2) is 50.6 Å². The third-order valence-corrected chi connectivity index (χ3v) is 7.68. The fourth-order valence-corrected chi connectivity index (χ4v) is 5.20. The lowest BCUT2D eigenvalue weighted by molar-refractivity contribution is -0.147. The molecule has 216 valence electrons. The van der Waals surface area contributed by atoms with E-state index >= 15 is 0 Å². The highest BCUT2D eigenvalue weighted by Crippen LogP contribution is 2.26. The second-order valence-electron chi connectivity index (χ2n) is 11.5. The van der Waals surface area contributed by atoms with Gasteiger partial charge in [-0.1, -0.05) is 115 Å². The summed E-state index contributed by atoms with van der Waals surface area (Å²) in [4.78, 5) is 26.9. The SMILES string of the molecule is CCCCCCCCCCCCCCCCCCNC(=O)C1CC=CCC1COC(=O)CCCN(C)C. The van der Waals surface area contributed by atoms with E-state index in [1.165, 1.54) is 96.3 Å². The summed E-state index contributed by atoms with van der Waals surface area (Å²) in [5, 5.41) is 3.15. The zero-order chi connectivity index (χ0) is 27.0. The molecular weight excluding hydrogens is 460 g/mol. The Bertz CT molecular complexity index is 591. The lowest BCUT2D eigenvalue weighted by Crippen LogP contribution is -2.38. The molecule has 0 aromatic rings. The predicted molar refractivity (Wildman–Crippen MR) is 157 cm³/mol. The van der Waals surface area contributed by atoms with Crippen molar-refractivity contribution in [3.05, 3.63) is 12.2 Å². The molecule has 2 atom stereocenters. The number of nitrogens with one attached hydrogen (secondary N) is 1. The van der Waals surface area contributed by atoms with Gasteiger partial charge in [-0.2, -0.15) is 0 Å². The number of carbonyl (C=O) groups excluding carboxylic acids is 2. The molecule has 1 aliphatic rings. The number of esters is 1. The summed E-state index contributed by atoms with van der Waals surface area (Å²) in [6, 6.07) is 0. The summed E-state index contributed by atoms with van der Waals surface area (Å²) in [5.41, 5.74) is 0. The molecule has 0 heterocycles. The molecule has 2 unspecified atom stereocenters. The highest BCUT2D eigenvalue weighted by atomic mass is 16.5. The summed E-state index contributed by atoms with van der Waals surface area (Å²) in [5.74, 6) is -0.0167. The molecular formula is C32H60N2O3. The number of carbonyl (C=O) groups is 2. The van der Waals surface area contributed by atoms with Crippen molar-refractivity contribution < 1.29 is 14.3 Å². The summed E-state index contributed by atoms with van der Waals surface area (Å²) < 4.78 is 5.51. The average molecular weight is 521 g/mol. The van der Waals surface area contributed by atoms with Crippen LogP contribution < -0.4 is 5.32 Å². The Morgan fingerprint density at radius 1 is 0.757 bits per heavy atom. The lowest BCUT2D eigenvalue weighted by atomic mass is 9.83. The Morgan fingerprint density at radius 2 is 1.27 bits per heavy atom.